The summed E-state index contributed by atoms with van der Waals surface area (Å²) in [5, 5.41) is 2.63. The summed E-state index contributed by atoms with van der Waals surface area (Å²) in [5.41, 5.74) is 18.9. The molecule has 0 bridgehead atoms. The number of hydrogen-bond acceptors (Lipinski definition) is 0. The van der Waals surface area contributed by atoms with Crippen LogP contribution < -0.4 is 0 Å². The highest BCUT2D eigenvalue weighted by atomic mass is 14.7. The quantitative estimate of drug-likeness (QED) is 0.182. The van der Waals surface area contributed by atoms with Crippen LogP contribution in [0.3, 0.4) is 0 Å². The fourth-order valence-electron chi connectivity index (χ4n) is 7.02. The predicted octanol–water partition coefficient (Wildman–Crippen LogP) is 20.8. The van der Waals surface area contributed by atoms with E-state index in [1.54, 1.807) is 0 Å². The molecule has 9 aromatic rings. The van der Waals surface area contributed by atoms with E-state index in [-0.39, 0.29) is 0 Å². The number of aromatic amines is 1. The number of aryl methyl sites for hydroxylation is 6. The van der Waals surface area contributed by atoms with E-state index < -0.39 is 0 Å². The molecule has 0 spiro atoms. The summed E-state index contributed by atoms with van der Waals surface area (Å²) in [6.45, 7) is 29.5. The summed E-state index contributed by atoms with van der Waals surface area (Å²) >= 11 is 0. The highest BCUT2D eigenvalue weighted by Gasteiger charge is 2.16. The maximum atomic E-state index is 3.41. The second-order valence-corrected chi connectivity index (χ2v) is 16.7. The number of benzene rings is 8. The lowest BCUT2D eigenvalue weighted by Crippen LogP contribution is -1.85. The molecule has 10 rings (SSSR count). The highest BCUT2D eigenvalue weighted by Crippen LogP contribution is 2.36. The van der Waals surface area contributed by atoms with Crippen molar-refractivity contribution in [3.05, 3.63) is 239 Å². The Kier molecular flexibility index (Phi) is 28.8. The normalized spacial score (nSPS) is 9.79. The Balaban J connectivity index is 0.000000282. The van der Waals surface area contributed by atoms with Gasteiger partial charge in [-0.15, -0.1) is 0 Å². The maximum Gasteiger partial charge on any atom is 0.0465 e. The molecule has 1 aliphatic rings. The van der Waals surface area contributed by atoms with Gasteiger partial charge in [0.05, 0.1) is 0 Å². The first-order valence-electron chi connectivity index (χ1n) is 25.4. The van der Waals surface area contributed by atoms with Gasteiger partial charge in [-0.1, -0.05) is 279 Å². The molecule has 1 N–H and O–H groups in total. The van der Waals surface area contributed by atoms with Gasteiger partial charge in [0, 0.05) is 21.8 Å². The lowest BCUT2D eigenvalue weighted by atomic mass is 9.97. The van der Waals surface area contributed by atoms with Crippen molar-refractivity contribution in [2.75, 3.05) is 0 Å². The predicted molar refractivity (Wildman–Crippen MR) is 308 cm³/mol. The van der Waals surface area contributed by atoms with Crippen LogP contribution in [0.5, 0.6) is 0 Å². The smallest absolute Gasteiger partial charge is 0.0465 e. The molecule has 1 nitrogen and oxygen atoms in total. The van der Waals surface area contributed by atoms with Crippen LogP contribution in [0.25, 0.3) is 44.1 Å². The SMILES string of the molecule is CC.CC.CCCC.CCCC.Cc1ccc2[nH]c3ccccc3c2c1.Cc1ccc2c(c1)-c1ccccc1C2.Cc1ccccc1.Cc1ccccc1.Cc1ccccc1-c1ccccc1C. The summed E-state index contributed by atoms with van der Waals surface area (Å²) in [5.74, 6) is 0. The second kappa shape index (κ2) is 33.9. The first kappa shape index (κ1) is 57.7. The van der Waals surface area contributed by atoms with Gasteiger partial charge >= 0.3 is 0 Å². The number of hydrogen-bond donors (Lipinski definition) is 1. The van der Waals surface area contributed by atoms with Crippen molar-refractivity contribution < 1.29 is 0 Å². The first-order chi connectivity index (χ1) is 33.1. The van der Waals surface area contributed by atoms with Gasteiger partial charge in [-0.05, 0) is 111 Å². The molecule has 1 heteroatoms. The summed E-state index contributed by atoms with van der Waals surface area (Å²) in [6, 6.07) is 67.9. The molecule has 1 aromatic heterocycles. The Morgan fingerprint density at radius 2 is 0.691 bits per heavy atom. The van der Waals surface area contributed by atoms with E-state index in [0.29, 0.717) is 0 Å². The van der Waals surface area contributed by atoms with Crippen LogP contribution >= 0.6 is 0 Å². The maximum absolute atomic E-state index is 3.41. The third-order valence-electron chi connectivity index (χ3n) is 11.1. The van der Waals surface area contributed by atoms with Gasteiger partial charge in [0.25, 0.3) is 0 Å². The zero-order chi connectivity index (χ0) is 50.1. The number of rotatable bonds is 3. The summed E-state index contributed by atoms with van der Waals surface area (Å²) in [6.07, 6.45) is 6.38. The Labute approximate surface area is 414 Å². The molecule has 1 heterocycles. The number of para-hydroxylation sites is 1. The molecule has 0 unspecified atom stereocenters. The fourth-order valence-corrected chi connectivity index (χ4v) is 7.02. The Morgan fingerprint density at radius 1 is 0.309 bits per heavy atom. The van der Waals surface area contributed by atoms with Crippen molar-refractivity contribution in [3.8, 4) is 22.3 Å². The van der Waals surface area contributed by atoms with E-state index in [0.717, 1.165) is 6.42 Å². The van der Waals surface area contributed by atoms with Crippen molar-refractivity contribution in [1.82, 2.24) is 4.98 Å². The molecule has 0 radical (unpaired) electrons. The molecule has 68 heavy (non-hydrogen) atoms. The fraction of sp³-hybridized carbons (Fsp3) is 0.284. The topological polar surface area (TPSA) is 15.8 Å². The molecule has 0 atom stereocenters. The van der Waals surface area contributed by atoms with Gasteiger partial charge in [-0.2, -0.15) is 0 Å². The summed E-state index contributed by atoms with van der Waals surface area (Å²) < 4.78 is 0. The zero-order valence-corrected chi connectivity index (χ0v) is 44.5. The minimum Gasteiger partial charge on any atom is -0.355 e. The van der Waals surface area contributed by atoms with Gasteiger partial charge in [-0.25, -0.2) is 0 Å². The van der Waals surface area contributed by atoms with E-state index >= 15 is 0 Å². The summed E-state index contributed by atoms with van der Waals surface area (Å²) in [4.78, 5) is 3.41. The van der Waals surface area contributed by atoms with Crippen molar-refractivity contribution in [3.63, 3.8) is 0 Å². The molecule has 0 amide bonds. The van der Waals surface area contributed by atoms with Crippen molar-refractivity contribution in [2.45, 2.75) is 129 Å². The molecule has 358 valence electrons. The van der Waals surface area contributed by atoms with Crippen LogP contribution in [-0.2, 0) is 6.42 Å². The number of fused-ring (bicyclic) bond motifs is 6. The lowest BCUT2D eigenvalue weighted by molar-refractivity contribution is 0.886. The molecule has 0 fully saturated rings. The van der Waals surface area contributed by atoms with Gasteiger partial charge in [0.2, 0.25) is 0 Å². The first-order valence-corrected chi connectivity index (χ1v) is 25.4. The van der Waals surface area contributed by atoms with E-state index in [9.17, 15) is 0 Å². The molecular weight excluding hydrogens is 819 g/mol. The van der Waals surface area contributed by atoms with Crippen molar-refractivity contribution in [2.24, 2.45) is 0 Å². The number of unbranched alkanes of at least 4 members (excludes halogenated alkanes) is 2. The largest absolute Gasteiger partial charge is 0.355 e. The number of nitrogens with one attached hydrogen (secondary N) is 1. The molecule has 8 aromatic carbocycles. The van der Waals surface area contributed by atoms with Crippen LogP contribution in [0.4, 0.5) is 0 Å². The van der Waals surface area contributed by atoms with Crippen LogP contribution in [0.1, 0.15) is 126 Å². The third kappa shape index (κ3) is 19.8. The minimum absolute atomic E-state index is 1.10. The van der Waals surface area contributed by atoms with Crippen LogP contribution in [0.15, 0.2) is 194 Å². The van der Waals surface area contributed by atoms with E-state index in [2.05, 4.69) is 232 Å². The average Bonchev–Trinajstić information content (AvgIpc) is 3.95. The highest BCUT2D eigenvalue weighted by molar-refractivity contribution is 6.07. The minimum atomic E-state index is 1.10. The van der Waals surface area contributed by atoms with Crippen molar-refractivity contribution >= 4 is 21.8 Å². The number of aromatic nitrogens is 1. The Hall–Kier alpha value is -6.44. The van der Waals surface area contributed by atoms with Gasteiger partial charge < -0.3 is 4.98 Å². The number of H-pyrrole nitrogens is 1. The molecule has 1 aliphatic carbocycles. The molecule has 0 aliphatic heterocycles. The van der Waals surface area contributed by atoms with Gasteiger partial charge in [0.15, 0.2) is 0 Å². The van der Waals surface area contributed by atoms with Crippen molar-refractivity contribution in [1.29, 1.82) is 0 Å². The van der Waals surface area contributed by atoms with Crippen LogP contribution in [0.2, 0.25) is 0 Å². The van der Waals surface area contributed by atoms with Crippen LogP contribution in [-0.4, -0.2) is 4.98 Å². The Bertz CT molecular complexity index is 2590. The Morgan fingerprint density at radius 3 is 1.16 bits per heavy atom. The van der Waals surface area contributed by atoms with Crippen LogP contribution in [0, 0.1) is 41.5 Å². The molecule has 0 saturated carbocycles. The molecular formula is C67H85N. The monoisotopic (exact) mass is 904 g/mol. The van der Waals surface area contributed by atoms with Gasteiger partial charge in [-0.3, -0.25) is 0 Å². The molecule has 0 saturated heterocycles. The second-order valence-electron chi connectivity index (χ2n) is 16.7. The van der Waals surface area contributed by atoms with E-state index in [1.807, 2.05) is 64.1 Å². The average molecular weight is 904 g/mol. The van der Waals surface area contributed by atoms with E-state index in [4.69, 9.17) is 0 Å². The summed E-state index contributed by atoms with van der Waals surface area (Å²) in [7, 11) is 0. The van der Waals surface area contributed by atoms with Gasteiger partial charge in [0.1, 0.15) is 0 Å². The third-order valence-corrected chi connectivity index (χ3v) is 11.1. The zero-order valence-electron chi connectivity index (χ0n) is 44.5. The lowest BCUT2D eigenvalue weighted by Gasteiger charge is -2.08. The van der Waals surface area contributed by atoms with E-state index in [1.165, 1.54) is 114 Å². The standard InChI is InChI=1S/C14H12.C14H14.C13H11N.2C7H8.2C4H10.2C2H6/c1-10-6-7-12-9-11-4-2-3-5-13(11)14(12)8-10;1-11-7-3-5-9-13(11)14-10-6-4-8-12(14)2;1-9-6-7-13-11(8-9)10-4-2-3-5-12(10)14-13;2*1-7-5-3-2-4-6-7;2*1-3-4-2;2*1-2/h2-8H,9H2,1H3;3-10H,1-2H3;2-8,14H,1H3;2*2-6H,1H3;2*3-4H2,1-2H3;2*1-2H3.